The summed E-state index contributed by atoms with van der Waals surface area (Å²) in [5.41, 5.74) is 4.79. The Balaban J connectivity index is 1.59. The Labute approximate surface area is 225 Å². The molecule has 2 aromatic carbocycles. The Morgan fingerprint density at radius 2 is 1.68 bits per heavy atom. The van der Waals surface area contributed by atoms with Crippen molar-refractivity contribution in [3.63, 3.8) is 0 Å². The van der Waals surface area contributed by atoms with E-state index in [9.17, 15) is 5.11 Å². The lowest BCUT2D eigenvalue weighted by Crippen LogP contribution is -2.43. The number of imidazole rings is 1. The van der Waals surface area contributed by atoms with Crippen LogP contribution in [0, 0.1) is 6.92 Å². The van der Waals surface area contributed by atoms with Gasteiger partial charge in [-0.25, -0.2) is 9.97 Å². The van der Waals surface area contributed by atoms with Crippen LogP contribution in [0.1, 0.15) is 49.2 Å². The van der Waals surface area contributed by atoms with E-state index in [1.54, 1.807) is 4.40 Å². The third-order valence-electron chi connectivity index (χ3n) is 7.38. The fourth-order valence-corrected chi connectivity index (χ4v) is 5.24. The van der Waals surface area contributed by atoms with Crippen LogP contribution in [0.2, 0.25) is 18.1 Å². The van der Waals surface area contributed by atoms with E-state index in [0.29, 0.717) is 24.2 Å². The second-order valence-corrected chi connectivity index (χ2v) is 16.1. The maximum Gasteiger partial charge on any atom is 0.250 e. The fourth-order valence-electron chi connectivity index (χ4n) is 4.22. The van der Waals surface area contributed by atoms with Crippen LogP contribution in [0.4, 0.5) is 0 Å². The smallest absolute Gasteiger partial charge is 0.250 e. The molecule has 196 valence electrons. The number of aryl methyl sites for hydroxylation is 1. The molecule has 7 heteroatoms. The molecule has 0 fully saturated rings. The third-order valence-corrected chi connectivity index (χ3v) is 11.7. The molecule has 0 unspecified atom stereocenters. The highest BCUT2D eigenvalue weighted by molar-refractivity contribution is 6.74. The Kier molecular flexibility index (Phi) is 6.65. The van der Waals surface area contributed by atoms with Gasteiger partial charge in [0, 0.05) is 18.2 Å². The highest BCUT2D eigenvalue weighted by Gasteiger charge is 2.39. The van der Waals surface area contributed by atoms with Crippen LogP contribution in [-0.4, -0.2) is 27.8 Å². The summed E-state index contributed by atoms with van der Waals surface area (Å²) in [4.78, 5) is 9.87. The predicted octanol–water partition coefficient (Wildman–Crippen LogP) is 7.57. The van der Waals surface area contributed by atoms with Gasteiger partial charge in [0.15, 0.2) is 5.65 Å². The molecule has 0 amide bonds. The van der Waals surface area contributed by atoms with Crippen molar-refractivity contribution >= 4 is 14.0 Å². The minimum Gasteiger partial charge on any atom is -0.543 e. The minimum atomic E-state index is -2.00. The normalized spacial score (nSPS) is 12.3. The molecule has 3 heterocycles. The van der Waals surface area contributed by atoms with Crippen molar-refractivity contribution in [3.05, 3.63) is 101 Å². The van der Waals surface area contributed by atoms with Crippen LogP contribution in [0.3, 0.4) is 0 Å². The SMILES string of the molecule is Cc1ccc(Cc2nc3c(Cc4ccccc4)nc(-c4cccc(O[Si](C)(C)C(C)(C)C)c4)cn3c2O)o1. The van der Waals surface area contributed by atoms with Crippen LogP contribution in [0.15, 0.2) is 77.3 Å². The lowest BCUT2D eigenvalue weighted by molar-refractivity contribution is 0.436. The van der Waals surface area contributed by atoms with Gasteiger partial charge < -0.3 is 13.9 Å². The summed E-state index contributed by atoms with van der Waals surface area (Å²) in [6.07, 6.45) is 2.85. The molecular formula is C31H35N3O3Si. The summed E-state index contributed by atoms with van der Waals surface area (Å²) in [6, 6.07) is 22.1. The van der Waals surface area contributed by atoms with Crippen LogP contribution >= 0.6 is 0 Å². The molecule has 6 nitrogen and oxygen atoms in total. The number of fused-ring (bicyclic) bond motifs is 1. The lowest BCUT2D eigenvalue weighted by Gasteiger charge is -2.36. The third kappa shape index (κ3) is 5.24. The zero-order chi connectivity index (χ0) is 27.1. The van der Waals surface area contributed by atoms with Crippen molar-refractivity contribution in [3.8, 4) is 22.9 Å². The standard InChI is InChI=1S/C31H35N3O3Si/c1-21-15-16-24(36-21)19-27-30(35)34-20-28(32-26(29(34)33-27)17-22-11-8-7-9-12-22)23-13-10-14-25(18-23)37-38(5,6)31(2,3)4/h7-16,18,20,35H,17,19H2,1-6H3. The number of nitrogens with zero attached hydrogens (tertiary/aromatic N) is 3. The number of hydrogen-bond acceptors (Lipinski definition) is 5. The molecule has 38 heavy (non-hydrogen) atoms. The largest absolute Gasteiger partial charge is 0.543 e. The lowest BCUT2D eigenvalue weighted by atomic mass is 10.1. The molecule has 0 aliphatic heterocycles. The first kappa shape index (κ1) is 25.8. The van der Waals surface area contributed by atoms with Gasteiger partial charge in [0.05, 0.1) is 17.8 Å². The molecule has 0 aliphatic carbocycles. The topological polar surface area (TPSA) is 72.8 Å². The zero-order valence-corrected chi connectivity index (χ0v) is 23.9. The first-order valence-corrected chi connectivity index (χ1v) is 15.9. The van der Waals surface area contributed by atoms with Crippen LogP contribution in [0.25, 0.3) is 16.9 Å². The van der Waals surface area contributed by atoms with Crippen molar-refractivity contribution in [2.45, 2.75) is 58.7 Å². The van der Waals surface area contributed by atoms with Crippen molar-refractivity contribution in [2.75, 3.05) is 0 Å². The Hall–Kier alpha value is -3.84. The summed E-state index contributed by atoms with van der Waals surface area (Å²) in [5, 5.41) is 11.3. The Morgan fingerprint density at radius 1 is 0.921 bits per heavy atom. The molecule has 5 rings (SSSR count). The zero-order valence-electron chi connectivity index (χ0n) is 22.9. The molecule has 0 atom stereocenters. The molecule has 0 saturated heterocycles. The van der Waals surface area contributed by atoms with Crippen molar-refractivity contribution in [2.24, 2.45) is 0 Å². The minimum absolute atomic E-state index is 0.0918. The maximum absolute atomic E-state index is 11.2. The van der Waals surface area contributed by atoms with Gasteiger partial charge in [-0.2, -0.15) is 0 Å². The number of aromatic hydroxyl groups is 1. The van der Waals surface area contributed by atoms with E-state index in [2.05, 4.69) is 46.0 Å². The molecule has 0 radical (unpaired) electrons. The summed E-state index contributed by atoms with van der Waals surface area (Å²) in [6.45, 7) is 13.1. The Bertz CT molecular complexity index is 1580. The van der Waals surface area contributed by atoms with Crippen molar-refractivity contribution < 1.29 is 13.9 Å². The second-order valence-electron chi connectivity index (χ2n) is 11.4. The molecule has 0 spiro atoms. The average Bonchev–Trinajstić information content (AvgIpc) is 3.41. The summed E-state index contributed by atoms with van der Waals surface area (Å²) >= 11 is 0. The number of hydrogen-bond donors (Lipinski definition) is 1. The van der Waals surface area contributed by atoms with Gasteiger partial charge in [-0.05, 0) is 54.9 Å². The van der Waals surface area contributed by atoms with E-state index in [0.717, 1.165) is 39.8 Å². The van der Waals surface area contributed by atoms with E-state index < -0.39 is 8.32 Å². The highest BCUT2D eigenvalue weighted by Crippen LogP contribution is 2.38. The fraction of sp³-hybridized carbons (Fsp3) is 0.290. The molecule has 3 aromatic heterocycles. The van der Waals surface area contributed by atoms with Gasteiger partial charge in [-0.1, -0.05) is 63.2 Å². The second kappa shape index (κ2) is 9.80. The van der Waals surface area contributed by atoms with E-state index in [1.165, 1.54) is 0 Å². The van der Waals surface area contributed by atoms with Gasteiger partial charge in [0.2, 0.25) is 14.2 Å². The summed E-state index contributed by atoms with van der Waals surface area (Å²) in [5.74, 6) is 2.52. The quantitative estimate of drug-likeness (QED) is 0.222. The van der Waals surface area contributed by atoms with Crippen LogP contribution in [-0.2, 0) is 12.8 Å². The first-order valence-electron chi connectivity index (χ1n) is 13.0. The summed E-state index contributed by atoms with van der Waals surface area (Å²) in [7, 11) is -2.00. The van der Waals surface area contributed by atoms with E-state index in [4.69, 9.17) is 18.8 Å². The van der Waals surface area contributed by atoms with Crippen molar-refractivity contribution in [1.82, 2.24) is 14.4 Å². The molecule has 1 N–H and O–H groups in total. The number of furan rings is 1. The molecule has 0 aliphatic rings. The van der Waals surface area contributed by atoms with Crippen LogP contribution in [0.5, 0.6) is 11.6 Å². The Morgan fingerprint density at radius 3 is 2.37 bits per heavy atom. The van der Waals surface area contributed by atoms with E-state index >= 15 is 0 Å². The van der Waals surface area contributed by atoms with Crippen molar-refractivity contribution in [1.29, 1.82) is 0 Å². The van der Waals surface area contributed by atoms with E-state index in [-0.39, 0.29) is 10.9 Å². The van der Waals surface area contributed by atoms with Gasteiger partial charge in [-0.15, -0.1) is 0 Å². The van der Waals surface area contributed by atoms with Gasteiger partial charge in [-0.3, -0.25) is 4.40 Å². The molecule has 0 bridgehead atoms. The number of benzene rings is 2. The van der Waals surface area contributed by atoms with Gasteiger partial charge in [0.25, 0.3) is 0 Å². The average molecular weight is 526 g/mol. The van der Waals surface area contributed by atoms with E-state index in [1.807, 2.05) is 67.7 Å². The number of rotatable bonds is 7. The number of aromatic nitrogens is 3. The first-order chi connectivity index (χ1) is 18.0. The van der Waals surface area contributed by atoms with Gasteiger partial charge >= 0.3 is 0 Å². The molecule has 5 aromatic rings. The predicted molar refractivity (Wildman–Crippen MR) is 153 cm³/mol. The monoisotopic (exact) mass is 525 g/mol. The highest BCUT2D eigenvalue weighted by atomic mass is 28.4. The molecule has 0 saturated carbocycles. The maximum atomic E-state index is 11.2. The van der Waals surface area contributed by atoms with Crippen LogP contribution < -0.4 is 4.43 Å². The summed E-state index contributed by atoms with van der Waals surface area (Å²) < 4.78 is 14.1. The van der Waals surface area contributed by atoms with Gasteiger partial charge in [0.1, 0.15) is 23.0 Å². The molecular weight excluding hydrogens is 490 g/mol.